The molecule has 5 heteroatoms. The van der Waals surface area contributed by atoms with Gasteiger partial charge in [-0.3, -0.25) is 4.90 Å². The molecule has 2 aliphatic heterocycles. The van der Waals surface area contributed by atoms with Crippen LogP contribution in [0.3, 0.4) is 0 Å². The van der Waals surface area contributed by atoms with Gasteiger partial charge in [-0.2, -0.15) is 0 Å². The minimum absolute atomic E-state index is 0.156. The zero-order valence-electron chi connectivity index (χ0n) is 14.7. The molecule has 0 aliphatic carbocycles. The quantitative estimate of drug-likeness (QED) is 0.912. The summed E-state index contributed by atoms with van der Waals surface area (Å²) >= 11 is 0. The summed E-state index contributed by atoms with van der Waals surface area (Å²) in [6.45, 7) is 8.50. The summed E-state index contributed by atoms with van der Waals surface area (Å²) in [6.07, 6.45) is 0.157. The Morgan fingerprint density at radius 3 is 2.62 bits per heavy atom. The average Bonchev–Trinajstić information content (AvgIpc) is 2.86. The number of β-amino-alcohol motifs (C(OH)–C–C–N with tert-alkyl or cyclic N) is 1. The number of hydrogen-bond donors (Lipinski definition) is 1. The largest absolute Gasteiger partial charge is 0.488 e. The lowest BCUT2D eigenvalue weighted by Crippen LogP contribution is -2.54. The molecule has 1 aromatic rings. The standard InChI is InChI=1S/C19H29NO4/c1-14(2)15-4-3-5-17(10-15)24-19-6-7-20(11-18(19)21)16-12-22-8-9-23-13-16/h3-5,10,14,16,18-19,21H,6-9,11-13H2,1-2H3/t18-,19-/m1/s1. The van der Waals surface area contributed by atoms with Crippen LogP contribution in [0.15, 0.2) is 24.3 Å². The third-order valence-corrected chi connectivity index (χ3v) is 4.87. The molecule has 0 bridgehead atoms. The highest BCUT2D eigenvalue weighted by Crippen LogP contribution is 2.24. The lowest BCUT2D eigenvalue weighted by atomic mass is 10.0. The van der Waals surface area contributed by atoms with Crippen molar-refractivity contribution in [3.05, 3.63) is 29.8 Å². The van der Waals surface area contributed by atoms with E-state index in [2.05, 4.69) is 30.9 Å². The number of benzene rings is 1. The third kappa shape index (κ3) is 4.48. The first-order valence-corrected chi connectivity index (χ1v) is 8.97. The van der Waals surface area contributed by atoms with Crippen LogP contribution in [-0.4, -0.2) is 67.8 Å². The van der Waals surface area contributed by atoms with E-state index in [1.54, 1.807) is 0 Å². The molecule has 2 atom stereocenters. The van der Waals surface area contributed by atoms with E-state index in [1.807, 2.05) is 12.1 Å². The monoisotopic (exact) mass is 335 g/mol. The molecule has 2 aliphatic rings. The van der Waals surface area contributed by atoms with Crippen LogP contribution in [-0.2, 0) is 9.47 Å². The molecule has 0 saturated carbocycles. The number of ether oxygens (including phenoxy) is 3. The first kappa shape index (κ1) is 17.7. The molecule has 0 aromatic heterocycles. The maximum atomic E-state index is 10.5. The van der Waals surface area contributed by atoms with E-state index in [4.69, 9.17) is 14.2 Å². The van der Waals surface area contributed by atoms with E-state index >= 15 is 0 Å². The van der Waals surface area contributed by atoms with Crippen molar-refractivity contribution in [1.29, 1.82) is 0 Å². The van der Waals surface area contributed by atoms with Crippen LogP contribution in [0.2, 0.25) is 0 Å². The molecule has 1 aromatic carbocycles. The van der Waals surface area contributed by atoms with Gasteiger partial charge in [-0.25, -0.2) is 0 Å². The van der Waals surface area contributed by atoms with Crippen molar-refractivity contribution >= 4 is 0 Å². The van der Waals surface area contributed by atoms with Crippen molar-refractivity contribution in [3.63, 3.8) is 0 Å². The lowest BCUT2D eigenvalue weighted by molar-refractivity contribution is -0.0514. The number of aliphatic hydroxyl groups excluding tert-OH is 1. The SMILES string of the molecule is CC(C)c1cccc(O[C@@H]2CCN(C3COCCOC3)C[C@H]2O)c1. The van der Waals surface area contributed by atoms with Crippen molar-refractivity contribution in [2.75, 3.05) is 39.5 Å². The second-order valence-corrected chi connectivity index (χ2v) is 7.04. The van der Waals surface area contributed by atoms with E-state index in [1.165, 1.54) is 5.56 Å². The van der Waals surface area contributed by atoms with Gasteiger partial charge in [-0.05, 0) is 30.0 Å². The zero-order valence-corrected chi connectivity index (χ0v) is 14.7. The molecule has 5 nitrogen and oxygen atoms in total. The van der Waals surface area contributed by atoms with E-state index in [9.17, 15) is 5.11 Å². The Kier molecular flexibility index (Phi) is 6.11. The number of rotatable bonds is 4. The molecule has 0 unspecified atom stereocenters. The second-order valence-electron chi connectivity index (χ2n) is 7.04. The smallest absolute Gasteiger partial charge is 0.127 e. The summed E-state index contributed by atoms with van der Waals surface area (Å²) < 4.78 is 17.2. The number of likely N-dealkylation sites (tertiary alicyclic amines) is 1. The Hall–Kier alpha value is -1.14. The number of piperidine rings is 1. The highest BCUT2D eigenvalue weighted by molar-refractivity contribution is 5.30. The minimum Gasteiger partial charge on any atom is -0.488 e. The van der Waals surface area contributed by atoms with Gasteiger partial charge in [0.05, 0.1) is 32.5 Å². The van der Waals surface area contributed by atoms with Gasteiger partial charge in [0.15, 0.2) is 0 Å². The highest BCUT2D eigenvalue weighted by Gasteiger charge is 2.33. The van der Waals surface area contributed by atoms with E-state index in [0.717, 1.165) is 18.7 Å². The minimum atomic E-state index is -0.496. The van der Waals surface area contributed by atoms with Crippen molar-refractivity contribution in [2.45, 2.75) is 44.4 Å². The Morgan fingerprint density at radius 2 is 1.96 bits per heavy atom. The van der Waals surface area contributed by atoms with Gasteiger partial charge in [0.2, 0.25) is 0 Å². The molecular weight excluding hydrogens is 306 g/mol. The Balaban J connectivity index is 1.56. The van der Waals surface area contributed by atoms with Crippen molar-refractivity contribution < 1.29 is 19.3 Å². The van der Waals surface area contributed by atoms with Gasteiger partial charge < -0.3 is 19.3 Å². The summed E-state index contributed by atoms with van der Waals surface area (Å²) in [6, 6.07) is 8.41. The summed E-state index contributed by atoms with van der Waals surface area (Å²) in [4.78, 5) is 2.26. The van der Waals surface area contributed by atoms with Gasteiger partial charge in [-0.1, -0.05) is 26.0 Å². The van der Waals surface area contributed by atoms with E-state index < -0.39 is 6.10 Å². The summed E-state index contributed by atoms with van der Waals surface area (Å²) in [5, 5.41) is 10.5. The van der Waals surface area contributed by atoms with E-state index in [0.29, 0.717) is 38.9 Å². The van der Waals surface area contributed by atoms with Gasteiger partial charge in [-0.15, -0.1) is 0 Å². The average molecular weight is 335 g/mol. The van der Waals surface area contributed by atoms with Crippen LogP contribution >= 0.6 is 0 Å². The molecule has 24 heavy (non-hydrogen) atoms. The molecule has 3 rings (SSSR count). The van der Waals surface area contributed by atoms with Crippen LogP contribution in [0.1, 0.15) is 31.7 Å². The van der Waals surface area contributed by atoms with Crippen LogP contribution in [0.5, 0.6) is 5.75 Å². The van der Waals surface area contributed by atoms with Crippen LogP contribution in [0, 0.1) is 0 Å². The molecule has 0 amide bonds. The fourth-order valence-corrected chi connectivity index (χ4v) is 3.34. The van der Waals surface area contributed by atoms with Crippen molar-refractivity contribution in [3.8, 4) is 5.75 Å². The lowest BCUT2D eigenvalue weighted by Gasteiger charge is -2.39. The maximum absolute atomic E-state index is 10.5. The summed E-state index contributed by atoms with van der Waals surface area (Å²) in [5.41, 5.74) is 1.26. The highest BCUT2D eigenvalue weighted by atomic mass is 16.5. The van der Waals surface area contributed by atoms with Crippen LogP contribution < -0.4 is 4.74 Å². The van der Waals surface area contributed by atoms with Gasteiger partial charge in [0, 0.05) is 13.1 Å². The first-order valence-electron chi connectivity index (χ1n) is 8.97. The van der Waals surface area contributed by atoms with Crippen molar-refractivity contribution in [2.24, 2.45) is 0 Å². The molecule has 2 heterocycles. The van der Waals surface area contributed by atoms with Crippen molar-refractivity contribution in [1.82, 2.24) is 4.90 Å². The molecular formula is C19H29NO4. The fourth-order valence-electron chi connectivity index (χ4n) is 3.34. The second kappa shape index (κ2) is 8.30. The number of hydrogen-bond acceptors (Lipinski definition) is 5. The van der Waals surface area contributed by atoms with Crippen LogP contribution in [0.4, 0.5) is 0 Å². The van der Waals surface area contributed by atoms with Crippen LogP contribution in [0.25, 0.3) is 0 Å². The Bertz CT molecular complexity index is 514. The molecule has 134 valence electrons. The first-order chi connectivity index (χ1) is 11.6. The normalized spacial score (nSPS) is 27.2. The summed E-state index contributed by atoms with van der Waals surface area (Å²) in [7, 11) is 0. The molecule has 1 N–H and O–H groups in total. The number of nitrogens with zero attached hydrogens (tertiary/aromatic N) is 1. The third-order valence-electron chi connectivity index (χ3n) is 4.87. The maximum Gasteiger partial charge on any atom is 0.127 e. The van der Waals surface area contributed by atoms with Gasteiger partial charge >= 0.3 is 0 Å². The predicted molar refractivity (Wildman–Crippen MR) is 92.6 cm³/mol. The van der Waals surface area contributed by atoms with Gasteiger partial charge in [0.25, 0.3) is 0 Å². The fraction of sp³-hybridized carbons (Fsp3) is 0.684. The topological polar surface area (TPSA) is 51.2 Å². The molecule has 2 fully saturated rings. The van der Waals surface area contributed by atoms with Gasteiger partial charge in [0.1, 0.15) is 18.0 Å². The number of aliphatic hydroxyl groups is 1. The summed E-state index contributed by atoms with van der Waals surface area (Å²) in [5.74, 6) is 1.32. The molecule has 2 saturated heterocycles. The predicted octanol–water partition coefficient (Wildman–Crippen LogP) is 2.04. The Labute approximate surface area is 144 Å². The zero-order chi connectivity index (χ0) is 16.9. The molecule has 0 spiro atoms. The Morgan fingerprint density at radius 1 is 1.21 bits per heavy atom. The molecule has 0 radical (unpaired) electrons. The van der Waals surface area contributed by atoms with E-state index in [-0.39, 0.29) is 12.1 Å².